The largest absolute Gasteiger partial charge is 0.497 e. The van der Waals surface area contributed by atoms with E-state index in [9.17, 15) is 0 Å². The molecule has 2 aromatic carbocycles. The third-order valence-electron chi connectivity index (χ3n) is 4.99. The predicted molar refractivity (Wildman–Crippen MR) is 124 cm³/mol. The maximum Gasteiger partial charge on any atom is 0.247 e. The molecule has 32 heavy (non-hydrogen) atoms. The molecule has 3 heterocycles. The highest BCUT2D eigenvalue weighted by Gasteiger charge is 2.14. The number of hydrogen-bond donors (Lipinski definition) is 2. The Morgan fingerprint density at radius 1 is 0.969 bits per heavy atom. The molecule has 3 aromatic heterocycles. The van der Waals surface area contributed by atoms with E-state index in [1.54, 1.807) is 13.4 Å². The van der Waals surface area contributed by atoms with E-state index in [-0.39, 0.29) is 6.10 Å². The summed E-state index contributed by atoms with van der Waals surface area (Å²) in [4.78, 5) is 20.9. The summed E-state index contributed by atoms with van der Waals surface area (Å²) in [5.74, 6) is 1.68. The van der Waals surface area contributed by atoms with Crippen molar-refractivity contribution in [3.8, 4) is 22.8 Å². The molecular weight excluding hydrogens is 404 g/mol. The lowest BCUT2D eigenvalue weighted by molar-refractivity contribution is 0.235. The minimum atomic E-state index is -0.0311. The summed E-state index contributed by atoms with van der Waals surface area (Å²) in [6, 6.07) is 16.0. The fourth-order valence-electron chi connectivity index (χ4n) is 3.55. The Bertz CT molecular complexity index is 1400. The molecule has 0 radical (unpaired) electrons. The van der Waals surface area contributed by atoms with E-state index in [1.165, 1.54) is 0 Å². The number of pyridine rings is 1. The zero-order chi connectivity index (χ0) is 22.1. The van der Waals surface area contributed by atoms with Crippen molar-refractivity contribution in [2.24, 2.45) is 0 Å². The number of rotatable bonds is 6. The molecule has 0 spiro atoms. The van der Waals surface area contributed by atoms with Gasteiger partial charge in [0.05, 0.1) is 25.1 Å². The molecule has 160 valence electrons. The average Bonchev–Trinajstić information content (AvgIpc) is 3.27. The highest BCUT2D eigenvalue weighted by Crippen LogP contribution is 2.31. The number of imidazole rings is 1. The van der Waals surface area contributed by atoms with Gasteiger partial charge in [0.15, 0.2) is 11.2 Å². The van der Waals surface area contributed by atoms with Gasteiger partial charge in [0.2, 0.25) is 11.8 Å². The van der Waals surface area contributed by atoms with Gasteiger partial charge in [-0.1, -0.05) is 12.1 Å². The van der Waals surface area contributed by atoms with Crippen LogP contribution in [-0.2, 0) is 0 Å². The second-order valence-corrected chi connectivity index (χ2v) is 7.56. The van der Waals surface area contributed by atoms with Crippen molar-refractivity contribution in [3.63, 3.8) is 0 Å². The highest BCUT2D eigenvalue weighted by atomic mass is 16.5. The van der Waals surface area contributed by atoms with Crippen molar-refractivity contribution in [2.45, 2.75) is 20.0 Å². The molecule has 0 aliphatic rings. The van der Waals surface area contributed by atoms with Crippen LogP contribution in [-0.4, -0.2) is 38.1 Å². The lowest BCUT2D eigenvalue weighted by Crippen LogP contribution is -2.09. The van der Waals surface area contributed by atoms with Crippen LogP contribution in [0.25, 0.3) is 33.2 Å². The van der Waals surface area contributed by atoms with Crippen LogP contribution in [0, 0.1) is 0 Å². The Morgan fingerprint density at radius 3 is 2.59 bits per heavy atom. The minimum absolute atomic E-state index is 0.0311. The van der Waals surface area contributed by atoms with Crippen LogP contribution in [0.5, 0.6) is 11.6 Å². The van der Waals surface area contributed by atoms with Crippen molar-refractivity contribution >= 4 is 33.7 Å². The first-order valence-corrected chi connectivity index (χ1v) is 10.3. The zero-order valence-corrected chi connectivity index (χ0v) is 18.0. The molecule has 0 aliphatic carbocycles. The number of H-pyrrole nitrogens is 1. The molecule has 0 atom stereocenters. The second kappa shape index (κ2) is 8.14. The first-order chi connectivity index (χ1) is 15.6. The van der Waals surface area contributed by atoms with E-state index in [0.29, 0.717) is 23.0 Å². The van der Waals surface area contributed by atoms with Crippen LogP contribution in [0.15, 0.2) is 61.1 Å². The molecule has 0 fully saturated rings. The van der Waals surface area contributed by atoms with E-state index >= 15 is 0 Å². The van der Waals surface area contributed by atoms with Gasteiger partial charge in [-0.25, -0.2) is 4.98 Å². The molecule has 0 saturated carbocycles. The van der Waals surface area contributed by atoms with Gasteiger partial charge in [-0.2, -0.15) is 9.97 Å². The fraction of sp³-hybridized carbons (Fsp3) is 0.167. The van der Waals surface area contributed by atoms with Crippen LogP contribution in [0.1, 0.15) is 13.8 Å². The SMILES string of the molecule is COc1ccc(-c2ccnc3ccc(Nc4nc(OC(C)C)c5nc[nH]c5n4)cc23)cc1. The molecule has 5 rings (SSSR count). The van der Waals surface area contributed by atoms with E-state index < -0.39 is 0 Å². The molecule has 0 saturated heterocycles. The number of benzene rings is 2. The van der Waals surface area contributed by atoms with Crippen LogP contribution in [0.4, 0.5) is 11.6 Å². The molecule has 0 bridgehead atoms. The van der Waals surface area contributed by atoms with Gasteiger partial charge < -0.3 is 19.8 Å². The number of anilines is 2. The molecule has 0 amide bonds. The van der Waals surface area contributed by atoms with Gasteiger partial charge in [0, 0.05) is 17.3 Å². The number of methoxy groups -OCH3 is 1. The average molecular weight is 426 g/mol. The maximum atomic E-state index is 5.84. The standard InChI is InChI=1S/C24H22N6O2/c1-14(2)32-23-21-22(27-13-26-21)29-24(30-23)28-16-6-9-20-19(12-16)18(10-11-25-20)15-4-7-17(31-3)8-5-15/h4-14H,1-3H3,(H2,26,27,28,29,30). The molecule has 0 unspecified atom stereocenters. The highest BCUT2D eigenvalue weighted by molar-refractivity contribution is 5.96. The number of hydrogen-bond acceptors (Lipinski definition) is 7. The van der Waals surface area contributed by atoms with Gasteiger partial charge in [0.1, 0.15) is 5.75 Å². The smallest absolute Gasteiger partial charge is 0.247 e. The maximum absolute atomic E-state index is 5.84. The summed E-state index contributed by atoms with van der Waals surface area (Å²) in [6.07, 6.45) is 3.37. The summed E-state index contributed by atoms with van der Waals surface area (Å²) in [5, 5.41) is 4.31. The summed E-state index contributed by atoms with van der Waals surface area (Å²) < 4.78 is 11.1. The third-order valence-corrected chi connectivity index (χ3v) is 4.99. The van der Waals surface area contributed by atoms with Crippen LogP contribution >= 0.6 is 0 Å². The van der Waals surface area contributed by atoms with Crippen molar-refractivity contribution in [1.29, 1.82) is 0 Å². The van der Waals surface area contributed by atoms with Crippen molar-refractivity contribution in [2.75, 3.05) is 12.4 Å². The predicted octanol–water partition coefficient (Wildman–Crippen LogP) is 5.11. The minimum Gasteiger partial charge on any atom is -0.497 e. The van der Waals surface area contributed by atoms with Crippen LogP contribution < -0.4 is 14.8 Å². The van der Waals surface area contributed by atoms with Gasteiger partial charge >= 0.3 is 0 Å². The second-order valence-electron chi connectivity index (χ2n) is 7.56. The first kappa shape index (κ1) is 19.7. The van der Waals surface area contributed by atoms with Crippen molar-refractivity contribution < 1.29 is 9.47 Å². The van der Waals surface area contributed by atoms with Crippen molar-refractivity contribution in [1.82, 2.24) is 24.9 Å². The Morgan fingerprint density at radius 2 is 1.81 bits per heavy atom. The first-order valence-electron chi connectivity index (χ1n) is 10.3. The summed E-state index contributed by atoms with van der Waals surface area (Å²) in [5.41, 5.74) is 5.12. The number of fused-ring (bicyclic) bond motifs is 2. The summed E-state index contributed by atoms with van der Waals surface area (Å²) in [7, 11) is 1.66. The van der Waals surface area contributed by atoms with Crippen LogP contribution in [0.2, 0.25) is 0 Å². The Labute approximate surface area is 184 Å². The fourth-order valence-corrected chi connectivity index (χ4v) is 3.55. The van der Waals surface area contributed by atoms with E-state index in [1.807, 2.05) is 68.6 Å². The Kier molecular flexibility index (Phi) is 5.03. The van der Waals surface area contributed by atoms with Gasteiger partial charge in [-0.15, -0.1) is 0 Å². The molecule has 2 N–H and O–H groups in total. The zero-order valence-electron chi connectivity index (χ0n) is 18.0. The number of aromatic nitrogens is 5. The van der Waals surface area contributed by atoms with E-state index in [4.69, 9.17) is 9.47 Å². The quantitative estimate of drug-likeness (QED) is 0.389. The van der Waals surface area contributed by atoms with E-state index in [0.717, 1.165) is 33.5 Å². The lowest BCUT2D eigenvalue weighted by Gasteiger charge is -2.12. The third kappa shape index (κ3) is 3.78. The monoisotopic (exact) mass is 426 g/mol. The number of nitrogens with zero attached hydrogens (tertiary/aromatic N) is 4. The van der Waals surface area contributed by atoms with Gasteiger partial charge in [-0.3, -0.25) is 4.98 Å². The summed E-state index contributed by atoms with van der Waals surface area (Å²) in [6.45, 7) is 3.90. The molecular formula is C24H22N6O2. The number of ether oxygens (including phenoxy) is 2. The normalized spacial score (nSPS) is 11.2. The lowest BCUT2D eigenvalue weighted by atomic mass is 10.0. The van der Waals surface area contributed by atoms with Gasteiger partial charge in [-0.05, 0) is 61.4 Å². The molecule has 5 aromatic rings. The van der Waals surface area contributed by atoms with Gasteiger partial charge in [0.25, 0.3) is 0 Å². The molecule has 8 nitrogen and oxygen atoms in total. The number of aromatic amines is 1. The molecule has 8 heteroatoms. The molecule has 0 aliphatic heterocycles. The van der Waals surface area contributed by atoms with Crippen molar-refractivity contribution in [3.05, 3.63) is 61.1 Å². The summed E-state index contributed by atoms with van der Waals surface area (Å²) >= 11 is 0. The topological polar surface area (TPSA) is 97.8 Å². The Hall–Kier alpha value is -4.20. The van der Waals surface area contributed by atoms with E-state index in [2.05, 4.69) is 30.2 Å². The van der Waals surface area contributed by atoms with Crippen LogP contribution in [0.3, 0.4) is 0 Å². The Balaban J connectivity index is 1.54. The number of nitrogens with one attached hydrogen (secondary N) is 2.